The number of halogens is 1. The van der Waals surface area contributed by atoms with E-state index in [1.54, 1.807) is 0 Å². The van der Waals surface area contributed by atoms with Gasteiger partial charge in [-0.05, 0) is 19.3 Å². The average molecular weight is 219 g/mol. The van der Waals surface area contributed by atoms with Gasteiger partial charge in [0, 0.05) is 6.54 Å². The Labute approximate surface area is 88.4 Å². The van der Waals surface area contributed by atoms with Crippen LogP contribution in [0, 0.1) is 5.92 Å². The fourth-order valence-electron chi connectivity index (χ4n) is 1.05. The molecular weight excluding hydrogens is 204 g/mol. The van der Waals surface area contributed by atoms with Gasteiger partial charge in [-0.3, -0.25) is 10.1 Å². The Morgan fingerprint density at radius 3 is 2.64 bits per heavy atom. The number of carbonyl (C=O) groups excluding carboxylic acids is 2. The van der Waals surface area contributed by atoms with Crippen molar-refractivity contribution < 1.29 is 9.59 Å². The van der Waals surface area contributed by atoms with Gasteiger partial charge in [0.25, 0.3) is 0 Å². The smallest absolute Gasteiger partial charge is 0.321 e. The van der Waals surface area contributed by atoms with E-state index in [2.05, 4.69) is 10.6 Å². The molecule has 14 heavy (non-hydrogen) atoms. The van der Waals surface area contributed by atoms with Crippen molar-refractivity contribution in [3.8, 4) is 0 Å². The van der Waals surface area contributed by atoms with Crippen molar-refractivity contribution in [1.29, 1.82) is 0 Å². The molecule has 0 saturated heterocycles. The first-order valence-electron chi connectivity index (χ1n) is 4.82. The molecule has 0 heterocycles. The minimum absolute atomic E-state index is 0.455. The molecule has 5 heteroatoms. The van der Waals surface area contributed by atoms with Gasteiger partial charge in [0.2, 0.25) is 5.91 Å². The van der Waals surface area contributed by atoms with Crippen LogP contribution < -0.4 is 10.6 Å². The van der Waals surface area contributed by atoms with E-state index in [0.717, 1.165) is 12.3 Å². The van der Waals surface area contributed by atoms with E-state index < -0.39 is 17.3 Å². The number of imide groups is 1. The lowest BCUT2D eigenvalue weighted by molar-refractivity contribution is -0.119. The molecule has 0 aromatic heterocycles. The Bertz CT molecular complexity index is 227. The fourth-order valence-corrected chi connectivity index (χ4v) is 1.11. The van der Waals surface area contributed by atoms with Crippen LogP contribution in [-0.4, -0.2) is 23.9 Å². The molecule has 1 fully saturated rings. The molecule has 0 aliphatic heterocycles. The summed E-state index contributed by atoms with van der Waals surface area (Å²) in [4.78, 5) is 22.0. The summed E-state index contributed by atoms with van der Waals surface area (Å²) in [6.45, 7) is 2.15. The van der Waals surface area contributed by atoms with Gasteiger partial charge in [-0.15, -0.1) is 11.6 Å². The van der Waals surface area contributed by atoms with Gasteiger partial charge in [0.1, 0.15) is 5.38 Å². The van der Waals surface area contributed by atoms with Gasteiger partial charge in [-0.2, -0.15) is 0 Å². The lowest BCUT2D eigenvalue weighted by atomic mass is 10.3. The van der Waals surface area contributed by atoms with Crippen LogP contribution in [0.5, 0.6) is 0 Å². The maximum atomic E-state index is 11.1. The third kappa shape index (κ3) is 4.46. The Balaban J connectivity index is 2.05. The van der Waals surface area contributed by atoms with Crippen molar-refractivity contribution >= 4 is 23.5 Å². The molecule has 3 amide bonds. The van der Waals surface area contributed by atoms with Crippen LogP contribution in [0.2, 0.25) is 0 Å². The second kappa shape index (κ2) is 5.20. The van der Waals surface area contributed by atoms with Gasteiger partial charge in [-0.1, -0.05) is 12.8 Å². The highest BCUT2D eigenvalue weighted by Gasteiger charge is 2.20. The van der Waals surface area contributed by atoms with Crippen LogP contribution in [0.25, 0.3) is 0 Å². The van der Waals surface area contributed by atoms with Gasteiger partial charge in [0.15, 0.2) is 0 Å². The molecular formula is C9H15ClN2O2. The number of carbonyl (C=O) groups is 2. The highest BCUT2D eigenvalue weighted by Crippen LogP contribution is 2.31. The van der Waals surface area contributed by atoms with Crippen LogP contribution in [-0.2, 0) is 4.79 Å². The lowest BCUT2D eigenvalue weighted by Gasteiger charge is -2.06. The Morgan fingerprint density at radius 1 is 1.50 bits per heavy atom. The molecule has 1 saturated carbocycles. The maximum absolute atomic E-state index is 11.1. The van der Waals surface area contributed by atoms with E-state index in [-0.39, 0.29) is 0 Å². The number of hydrogen-bond donors (Lipinski definition) is 2. The average Bonchev–Trinajstić information content (AvgIpc) is 2.87. The summed E-state index contributed by atoms with van der Waals surface area (Å²) in [6.07, 6.45) is 3.53. The lowest BCUT2D eigenvalue weighted by Crippen LogP contribution is -2.42. The Morgan fingerprint density at radius 2 is 2.14 bits per heavy atom. The monoisotopic (exact) mass is 218 g/mol. The zero-order valence-electron chi connectivity index (χ0n) is 8.18. The molecule has 0 spiro atoms. The van der Waals surface area contributed by atoms with Crippen LogP contribution in [0.1, 0.15) is 26.2 Å². The number of amides is 3. The molecule has 4 nitrogen and oxygen atoms in total. The highest BCUT2D eigenvalue weighted by atomic mass is 35.5. The third-order valence-electron chi connectivity index (χ3n) is 2.13. The van der Waals surface area contributed by atoms with Gasteiger partial charge in [-0.25, -0.2) is 4.79 Å². The molecule has 1 aliphatic rings. The summed E-state index contributed by atoms with van der Waals surface area (Å²) in [7, 11) is 0. The normalized spacial score (nSPS) is 17.3. The summed E-state index contributed by atoms with van der Waals surface area (Å²) in [5, 5.41) is 4.09. The molecule has 0 aromatic rings. The zero-order valence-corrected chi connectivity index (χ0v) is 8.93. The number of hydrogen-bond acceptors (Lipinski definition) is 2. The molecule has 80 valence electrons. The van der Waals surface area contributed by atoms with Gasteiger partial charge in [0.05, 0.1) is 0 Å². The second-order valence-electron chi connectivity index (χ2n) is 3.59. The minimum Gasteiger partial charge on any atom is -0.338 e. The van der Waals surface area contributed by atoms with Crippen LogP contribution in [0.3, 0.4) is 0 Å². The van der Waals surface area contributed by atoms with E-state index in [9.17, 15) is 9.59 Å². The largest absolute Gasteiger partial charge is 0.338 e. The number of rotatable bonds is 4. The Kier molecular flexibility index (Phi) is 4.20. The molecule has 1 unspecified atom stereocenters. The van der Waals surface area contributed by atoms with Crippen LogP contribution >= 0.6 is 11.6 Å². The summed E-state index contributed by atoms with van der Waals surface area (Å²) in [6, 6.07) is -0.455. The fraction of sp³-hybridized carbons (Fsp3) is 0.778. The third-order valence-corrected chi connectivity index (χ3v) is 2.33. The minimum atomic E-state index is -0.677. The highest BCUT2D eigenvalue weighted by molar-refractivity contribution is 6.31. The predicted molar refractivity (Wildman–Crippen MR) is 54.2 cm³/mol. The zero-order chi connectivity index (χ0) is 10.6. The molecule has 0 bridgehead atoms. The van der Waals surface area contributed by atoms with Gasteiger partial charge >= 0.3 is 6.03 Å². The first-order valence-corrected chi connectivity index (χ1v) is 5.26. The van der Waals surface area contributed by atoms with Crippen LogP contribution in [0.4, 0.5) is 4.79 Å². The summed E-state index contributed by atoms with van der Waals surface area (Å²) in [5.74, 6) is 0.313. The standard InChI is InChI=1S/C9H15ClN2O2/c1-6(10)8(13)12-9(14)11-5-4-7-2-3-7/h6-7H,2-5H2,1H3,(H2,11,12,13,14). The van der Waals surface area contributed by atoms with E-state index >= 15 is 0 Å². The summed E-state index contributed by atoms with van der Waals surface area (Å²) in [5.41, 5.74) is 0. The molecule has 1 rings (SSSR count). The van der Waals surface area contributed by atoms with Crippen molar-refractivity contribution in [2.24, 2.45) is 5.92 Å². The van der Waals surface area contributed by atoms with E-state index in [1.165, 1.54) is 19.8 Å². The van der Waals surface area contributed by atoms with E-state index in [0.29, 0.717) is 6.54 Å². The number of urea groups is 1. The molecule has 0 radical (unpaired) electrons. The van der Waals surface area contributed by atoms with Crippen molar-refractivity contribution in [3.05, 3.63) is 0 Å². The number of nitrogens with one attached hydrogen (secondary N) is 2. The van der Waals surface area contributed by atoms with E-state index in [4.69, 9.17) is 11.6 Å². The summed E-state index contributed by atoms with van der Waals surface area (Å²) >= 11 is 5.47. The number of alkyl halides is 1. The first kappa shape index (κ1) is 11.3. The van der Waals surface area contributed by atoms with Crippen molar-refractivity contribution in [2.45, 2.75) is 31.6 Å². The molecule has 0 aromatic carbocycles. The second-order valence-corrected chi connectivity index (χ2v) is 4.25. The van der Waals surface area contributed by atoms with Crippen molar-refractivity contribution in [3.63, 3.8) is 0 Å². The van der Waals surface area contributed by atoms with Crippen LogP contribution in [0.15, 0.2) is 0 Å². The molecule has 2 N–H and O–H groups in total. The van der Waals surface area contributed by atoms with Gasteiger partial charge < -0.3 is 5.32 Å². The van der Waals surface area contributed by atoms with Crippen molar-refractivity contribution in [2.75, 3.05) is 6.54 Å². The predicted octanol–water partition coefficient (Wildman–Crippen LogP) is 1.24. The summed E-state index contributed by atoms with van der Waals surface area (Å²) < 4.78 is 0. The molecule has 1 aliphatic carbocycles. The topological polar surface area (TPSA) is 58.2 Å². The Hall–Kier alpha value is -0.770. The molecule has 1 atom stereocenters. The quantitative estimate of drug-likeness (QED) is 0.698. The van der Waals surface area contributed by atoms with E-state index in [1.807, 2.05) is 0 Å². The maximum Gasteiger partial charge on any atom is 0.321 e. The SMILES string of the molecule is CC(Cl)C(=O)NC(=O)NCCC1CC1. The van der Waals surface area contributed by atoms with Crippen molar-refractivity contribution in [1.82, 2.24) is 10.6 Å². The first-order chi connectivity index (χ1) is 6.59.